The molecule has 0 spiro atoms. The number of hydrogen-bond acceptors (Lipinski definition) is 5. The van der Waals surface area contributed by atoms with Crippen molar-refractivity contribution in [1.82, 2.24) is 15.2 Å². The van der Waals surface area contributed by atoms with Crippen LogP contribution in [0.4, 0.5) is 33.3 Å². The zero-order valence-corrected chi connectivity index (χ0v) is 21.2. The van der Waals surface area contributed by atoms with Gasteiger partial charge in [-0.25, -0.2) is 13.8 Å². The standard InChI is InChI=1S/C28H28F5N5O/c1-16(28(31,32)33)26-19-6-3-7-24(37-25-10-12-38(2)15-22(25)30)21(19)14-18(36-26)5-4-11-35-27(39)20-9-8-17(29)13-23(20)34/h3-9,13-14,22,25,37H,1,10-12,15,34H2,2H3,(H,35,39)/b5-4+/t22-,25+/m0/s1. The van der Waals surface area contributed by atoms with E-state index in [1.807, 2.05) is 11.9 Å². The predicted molar refractivity (Wildman–Crippen MR) is 143 cm³/mol. The van der Waals surface area contributed by atoms with Crippen LogP contribution in [0.3, 0.4) is 0 Å². The van der Waals surface area contributed by atoms with E-state index < -0.39 is 35.7 Å². The lowest BCUT2D eigenvalue weighted by Gasteiger charge is -2.33. The molecule has 11 heteroatoms. The van der Waals surface area contributed by atoms with Gasteiger partial charge in [0.05, 0.1) is 28.6 Å². The molecule has 3 aromatic rings. The molecule has 0 saturated carbocycles. The van der Waals surface area contributed by atoms with Crippen molar-refractivity contribution in [2.45, 2.75) is 24.8 Å². The topological polar surface area (TPSA) is 83.3 Å². The van der Waals surface area contributed by atoms with Gasteiger partial charge < -0.3 is 21.3 Å². The van der Waals surface area contributed by atoms with E-state index in [9.17, 15) is 26.7 Å². The zero-order valence-electron chi connectivity index (χ0n) is 21.2. The number of pyridine rings is 1. The number of allylic oxidation sites excluding steroid dienone is 1. The summed E-state index contributed by atoms with van der Waals surface area (Å²) in [6.07, 6.45) is -2.36. The highest BCUT2D eigenvalue weighted by Crippen LogP contribution is 2.37. The molecule has 206 valence electrons. The quantitative estimate of drug-likeness (QED) is 0.273. The van der Waals surface area contributed by atoms with E-state index >= 15 is 0 Å². The number of rotatable bonds is 7. The van der Waals surface area contributed by atoms with Crippen LogP contribution < -0.4 is 16.4 Å². The minimum Gasteiger partial charge on any atom is -0.398 e. The number of amides is 1. The second kappa shape index (κ2) is 11.4. The van der Waals surface area contributed by atoms with Crippen LogP contribution in [0, 0.1) is 5.82 Å². The zero-order chi connectivity index (χ0) is 28.3. The molecule has 1 amide bonds. The minimum atomic E-state index is -4.72. The van der Waals surface area contributed by atoms with Crippen LogP contribution in [-0.4, -0.2) is 60.9 Å². The Morgan fingerprint density at radius 3 is 2.69 bits per heavy atom. The lowest BCUT2D eigenvalue weighted by Crippen LogP contribution is -2.46. The van der Waals surface area contributed by atoms with Crippen molar-refractivity contribution >= 4 is 39.7 Å². The fourth-order valence-corrected chi connectivity index (χ4v) is 4.46. The van der Waals surface area contributed by atoms with Crippen molar-refractivity contribution < 1.29 is 26.7 Å². The maximum Gasteiger partial charge on any atom is 0.417 e. The van der Waals surface area contributed by atoms with Crippen molar-refractivity contribution in [3.05, 3.63) is 77.9 Å². The third-order valence-corrected chi connectivity index (χ3v) is 6.54. The van der Waals surface area contributed by atoms with E-state index in [-0.39, 0.29) is 41.1 Å². The van der Waals surface area contributed by atoms with Crippen LogP contribution >= 0.6 is 0 Å². The number of carbonyl (C=O) groups is 1. The SMILES string of the molecule is C=C(c1nc(/C=C/CNC(=O)c2ccc(F)cc2N)cc2c(N[C@@H]3CCN(C)C[C@@H]3F)cccc12)C(F)(F)F. The number of nitrogens with zero attached hydrogens (tertiary/aromatic N) is 2. The average molecular weight is 546 g/mol. The highest BCUT2D eigenvalue weighted by molar-refractivity contribution is 6.01. The molecule has 0 bridgehead atoms. The molecule has 2 aromatic carbocycles. The molecule has 1 fully saturated rings. The maximum atomic E-state index is 14.7. The van der Waals surface area contributed by atoms with E-state index in [1.54, 1.807) is 18.2 Å². The Balaban J connectivity index is 1.62. The van der Waals surface area contributed by atoms with E-state index in [2.05, 4.69) is 22.2 Å². The fraction of sp³-hybridized carbons (Fsp3) is 0.286. The first-order valence-electron chi connectivity index (χ1n) is 12.2. The first-order chi connectivity index (χ1) is 18.4. The molecule has 0 aliphatic carbocycles. The number of halogens is 5. The molecule has 2 atom stereocenters. The van der Waals surface area contributed by atoms with Crippen LogP contribution in [-0.2, 0) is 0 Å². The summed E-state index contributed by atoms with van der Waals surface area (Å²) >= 11 is 0. The Labute approximate surface area is 222 Å². The van der Waals surface area contributed by atoms with Crippen LogP contribution in [0.25, 0.3) is 22.4 Å². The summed E-state index contributed by atoms with van der Waals surface area (Å²) in [6.45, 7) is 4.17. The van der Waals surface area contributed by atoms with Gasteiger partial charge in [0.15, 0.2) is 0 Å². The first-order valence-corrected chi connectivity index (χ1v) is 12.2. The molecular formula is C28H28F5N5O. The van der Waals surface area contributed by atoms with Gasteiger partial charge in [-0.1, -0.05) is 24.8 Å². The van der Waals surface area contributed by atoms with Crippen molar-refractivity contribution in [3.63, 3.8) is 0 Å². The van der Waals surface area contributed by atoms with Gasteiger partial charge in [-0.15, -0.1) is 0 Å². The van der Waals surface area contributed by atoms with Crippen LogP contribution in [0.2, 0.25) is 0 Å². The van der Waals surface area contributed by atoms with Gasteiger partial charge in [0.2, 0.25) is 0 Å². The third kappa shape index (κ3) is 6.54. The number of carbonyl (C=O) groups excluding carboxylic acids is 1. The molecule has 1 saturated heterocycles. The molecule has 4 N–H and O–H groups in total. The Bertz CT molecular complexity index is 1420. The summed E-state index contributed by atoms with van der Waals surface area (Å²) in [4.78, 5) is 18.4. The van der Waals surface area contributed by atoms with Gasteiger partial charge in [-0.3, -0.25) is 4.79 Å². The van der Waals surface area contributed by atoms with Gasteiger partial charge >= 0.3 is 6.18 Å². The lowest BCUT2D eigenvalue weighted by molar-refractivity contribution is -0.0688. The Morgan fingerprint density at radius 2 is 2.00 bits per heavy atom. The van der Waals surface area contributed by atoms with Crippen LogP contribution in [0.5, 0.6) is 0 Å². The number of nitrogen functional groups attached to an aromatic ring is 1. The number of nitrogens with two attached hydrogens (primary N) is 1. The molecule has 0 radical (unpaired) electrons. The summed E-state index contributed by atoms with van der Waals surface area (Å²) < 4.78 is 68.9. The van der Waals surface area contributed by atoms with Crippen LogP contribution in [0.15, 0.2) is 55.1 Å². The second-order valence-corrected chi connectivity index (χ2v) is 9.43. The van der Waals surface area contributed by atoms with Crippen molar-refractivity contribution in [3.8, 4) is 0 Å². The molecule has 6 nitrogen and oxygen atoms in total. The second-order valence-electron chi connectivity index (χ2n) is 9.43. The summed E-state index contributed by atoms with van der Waals surface area (Å²) in [5, 5.41) is 6.42. The van der Waals surface area contributed by atoms with Crippen LogP contribution in [0.1, 0.15) is 28.2 Å². The molecular weight excluding hydrogens is 517 g/mol. The lowest BCUT2D eigenvalue weighted by atomic mass is 9.99. The monoisotopic (exact) mass is 545 g/mol. The van der Waals surface area contributed by atoms with Crippen molar-refractivity contribution in [2.75, 3.05) is 37.7 Å². The Morgan fingerprint density at radius 1 is 1.23 bits per heavy atom. The number of hydrogen-bond donors (Lipinski definition) is 3. The van der Waals surface area contributed by atoms with Gasteiger partial charge in [0.1, 0.15) is 12.0 Å². The average Bonchev–Trinajstić information content (AvgIpc) is 2.87. The van der Waals surface area contributed by atoms with E-state index in [4.69, 9.17) is 5.73 Å². The third-order valence-electron chi connectivity index (χ3n) is 6.54. The number of alkyl halides is 4. The molecule has 39 heavy (non-hydrogen) atoms. The summed E-state index contributed by atoms with van der Waals surface area (Å²) in [6, 6.07) is 9.29. The molecule has 1 aliphatic rings. The highest BCUT2D eigenvalue weighted by Gasteiger charge is 2.35. The Hall–Kier alpha value is -3.99. The molecule has 2 heterocycles. The van der Waals surface area contributed by atoms with Gasteiger partial charge in [-0.05, 0) is 49.9 Å². The molecule has 0 unspecified atom stereocenters. The smallest absolute Gasteiger partial charge is 0.398 e. The maximum absolute atomic E-state index is 14.7. The van der Waals surface area contributed by atoms with E-state index in [0.717, 1.165) is 12.1 Å². The molecule has 1 aromatic heterocycles. The number of benzene rings is 2. The number of nitrogens with one attached hydrogen (secondary N) is 2. The van der Waals surface area contributed by atoms with Crippen molar-refractivity contribution in [1.29, 1.82) is 0 Å². The Kier molecular flexibility index (Phi) is 8.19. The number of fused-ring (bicyclic) bond motifs is 1. The number of aromatic nitrogens is 1. The highest BCUT2D eigenvalue weighted by atomic mass is 19.4. The van der Waals surface area contributed by atoms with Crippen molar-refractivity contribution in [2.24, 2.45) is 0 Å². The van der Waals surface area contributed by atoms with E-state index in [1.165, 1.54) is 24.3 Å². The molecule has 1 aliphatic heterocycles. The number of piperidine rings is 1. The minimum absolute atomic E-state index is 0.00391. The first kappa shape index (κ1) is 28.0. The largest absolute Gasteiger partial charge is 0.417 e. The summed E-state index contributed by atoms with van der Waals surface area (Å²) in [5.41, 5.74) is 4.97. The summed E-state index contributed by atoms with van der Waals surface area (Å²) in [5.74, 6) is -1.12. The van der Waals surface area contributed by atoms with Gasteiger partial charge in [0.25, 0.3) is 5.91 Å². The van der Waals surface area contributed by atoms with E-state index in [0.29, 0.717) is 24.0 Å². The summed E-state index contributed by atoms with van der Waals surface area (Å²) in [7, 11) is 1.83. The fourth-order valence-electron chi connectivity index (χ4n) is 4.46. The normalized spacial score (nSPS) is 18.4. The molecule has 4 rings (SSSR count). The number of likely N-dealkylation sites (tertiary alicyclic amines) is 1. The predicted octanol–water partition coefficient (Wildman–Crippen LogP) is 5.43. The van der Waals surface area contributed by atoms with Gasteiger partial charge in [0, 0.05) is 41.8 Å². The number of anilines is 2. The van der Waals surface area contributed by atoms with Gasteiger partial charge in [-0.2, -0.15) is 13.2 Å².